The van der Waals surface area contributed by atoms with Crippen molar-refractivity contribution in [1.29, 1.82) is 0 Å². The second-order valence-corrected chi connectivity index (χ2v) is 7.27. The summed E-state index contributed by atoms with van der Waals surface area (Å²) in [5.41, 5.74) is 1.32. The van der Waals surface area contributed by atoms with Crippen LogP contribution in [0.5, 0.6) is 0 Å². The first-order valence-electron chi connectivity index (χ1n) is 9.45. The quantitative estimate of drug-likeness (QED) is 0.418. The zero-order valence-electron chi connectivity index (χ0n) is 18.3. The summed E-state index contributed by atoms with van der Waals surface area (Å²) in [5.74, 6) is 1.69. The Kier molecular flexibility index (Phi) is 25.5. The molecule has 2 aromatic carbocycles. The Morgan fingerprint density at radius 1 is 0.692 bits per heavy atom. The van der Waals surface area contributed by atoms with Crippen molar-refractivity contribution in [3.63, 3.8) is 0 Å². The van der Waals surface area contributed by atoms with Crippen molar-refractivity contribution < 1.29 is 0 Å². The highest BCUT2D eigenvalue weighted by Gasteiger charge is 1.92. The van der Waals surface area contributed by atoms with E-state index in [4.69, 9.17) is 0 Å². The second kappa shape index (κ2) is 22.2. The summed E-state index contributed by atoms with van der Waals surface area (Å²) in [5, 5.41) is 0. The molecule has 0 N–H and O–H groups in total. The predicted octanol–water partition coefficient (Wildman–Crippen LogP) is 7.56. The van der Waals surface area contributed by atoms with E-state index in [9.17, 15) is 0 Å². The van der Waals surface area contributed by atoms with Gasteiger partial charge in [-0.2, -0.15) is 0 Å². The molecule has 2 heteroatoms. The fourth-order valence-corrected chi connectivity index (χ4v) is 1.65. The van der Waals surface area contributed by atoms with Crippen molar-refractivity contribution in [2.75, 3.05) is 20.6 Å². The Labute approximate surface area is 181 Å². The normalized spacial score (nSPS) is 9.04. The SMILES string of the molecule is CC(C)CN(C)C.CCC(C)C.Cc1ccccc1.I.c1ccccc1. The number of rotatable bonds is 3. The van der Waals surface area contributed by atoms with Gasteiger partial charge in [0.1, 0.15) is 0 Å². The molecule has 0 amide bonds. The van der Waals surface area contributed by atoms with Crippen LogP contribution in [-0.2, 0) is 0 Å². The van der Waals surface area contributed by atoms with E-state index < -0.39 is 0 Å². The molecule has 0 atom stereocenters. The van der Waals surface area contributed by atoms with Crippen LogP contribution in [0.15, 0.2) is 66.7 Å². The van der Waals surface area contributed by atoms with Crippen molar-refractivity contribution >= 4 is 24.0 Å². The van der Waals surface area contributed by atoms with Crippen LogP contribution in [-0.4, -0.2) is 25.5 Å². The van der Waals surface area contributed by atoms with E-state index in [-0.39, 0.29) is 24.0 Å². The molecule has 2 aromatic rings. The zero-order valence-corrected chi connectivity index (χ0v) is 20.6. The van der Waals surface area contributed by atoms with Gasteiger partial charge < -0.3 is 4.90 Å². The minimum atomic E-state index is 0. The molecule has 0 radical (unpaired) electrons. The lowest BCUT2D eigenvalue weighted by atomic mass is 10.2. The maximum Gasteiger partial charge on any atom is -0.000172 e. The van der Waals surface area contributed by atoms with E-state index in [0.717, 1.165) is 11.8 Å². The second-order valence-electron chi connectivity index (χ2n) is 7.27. The highest BCUT2D eigenvalue weighted by Crippen LogP contribution is 1.94. The van der Waals surface area contributed by atoms with Crippen molar-refractivity contribution in [2.24, 2.45) is 11.8 Å². The van der Waals surface area contributed by atoms with Gasteiger partial charge in [0.05, 0.1) is 0 Å². The Hall–Kier alpha value is -0.870. The van der Waals surface area contributed by atoms with Crippen LogP contribution in [0.3, 0.4) is 0 Å². The standard InChI is InChI=1S/C7H8.C6H15N.C6H6.C5H12.HI/c1-7-5-3-2-4-6-7;1-6(2)5-7(3)4;1-2-4-6-5-3-1;1-4-5(2)3;/h2-6H,1H3;6H,5H2,1-4H3;1-6H;5H,4H2,1-3H3;1H. The van der Waals surface area contributed by atoms with Gasteiger partial charge in [0.2, 0.25) is 0 Å². The lowest BCUT2D eigenvalue weighted by molar-refractivity contribution is 0.354. The molecule has 0 aliphatic rings. The Morgan fingerprint density at radius 2 is 1.00 bits per heavy atom. The van der Waals surface area contributed by atoms with Crippen LogP contribution in [0, 0.1) is 18.8 Å². The average molecular weight is 472 g/mol. The number of hydrogen-bond acceptors (Lipinski definition) is 1. The first kappa shape index (κ1) is 29.9. The molecule has 26 heavy (non-hydrogen) atoms. The Balaban J connectivity index is -0.000000270. The summed E-state index contributed by atoms with van der Waals surface area (Å²) < 4.78 is 0. The molecule has 0 aliphatic carbocycles. The van der Waals surface area contributed by atoms with Gasteiger partial charge in [-0.3, -0.25) is 0 Å². The van der Waals surface area contributed by atoms with Crippen LogP contribution >= 0.6 is 24.0 Å². The molecule has 0 spiro atoms. The maximum absolute atomic E-state index is 2.22. The van der Waals surface area contributed by atoms with E-state index >= 15 is 0 Å². The van der Waals surface area contributed by atoms with E-state index in [0.29, 0.717) is 0 Å². The van der Waals surface area contributed by atoms with Gasteiger partial charge in [0.15, 0.2) is 0 Å². The smallest absolute Gasteiger partial charge is 0.000172 e. The monoisotopic (exact) mass is 471 g/mol. The fraction of sp³-hybridized carbons (Fsp3) is 0.500. The Bertz CT molecular complexity index is 419. The zero-order chi connectivity index (χ0) is 19.5. The van der Waals surface area contributed by atoms with Gasteiger partial charge in [0, 0.05) is 0 Å². The molecule has 0 fully saturated rings. The molecule has 2 rings (SSSR count). The topological polar surface area (TPSA) is 3.24 Å². The molecular weight excluding hydrogens is 429 g/mol. The summed E-state index contributed by atoms with van der Waals surface area (Å²) in [6.07, 6.45) is 1.31. The summed E-state index contributed by atoms with van der Waals surface area (Å²) in [6, 6.07) is 22.3. The van der Waals surface area contributed by atoms with E-state index in [1.165, 1.54) is 18.5 Å². The maximum atomic E-state index is 2.22. The summed E-state index contributed by atoms with van der Waals surface area (Å²) >= 11 is 0. The number of hydrogen-bond donors (Lipinski definition) is 0. The van der Waals surface area contributed by atoms with E-state index in [2.05, 4.69) is 72.7 Å². The molecule has 1 nitrogen and oxygen atoms in total. The van der Waals surface area contributed by atoms with Gasteiger partial charge in [-0.1, -0.05) is 113 Å². The summed E-state index contributed by atoms with van der Waals surface area (Å²) in [7, 11) is 4.19. The van der Waals surface area contributed by atoms with Gasteiger partial charge in [-0.15, -0.1) is 24.0 Å². The van der Waals surface area contributed by atoms with Crippen LogP contribution < -0.4 is 0 Å². The van der Waals surface area contributed by atoms with Crippen LogP contribution in [0.4, 0.5) is 0 Å². The van der Waals surface area contributed by atoms with Gasteiger partial charge >= 0.3 is 0 Å². The van der Waals surface area contributed by atoms with Crippen molar-refractivity contribution in [3.8, 4) is 0 Å². The van der Waals surface area contributed by atoms with Crippen molar-refractivity contribution in [3.05, 3.63) is 72.3 Å². The van der Waals surface area contributed by atoms with Crippen LogP contribution in [0.25, 0.3) is 0 Å². The molecule has 0 saturated heterocycles. The molecule has 0 saturated carbocycles. The predicted molar refractivity (Wildman–Crippen MR) is 132 cm³/mol. The third kappa shape index (κ3) is 31.0. The lowest BCUT2D eigenvalue weighted by Gasteiger charge is -2.10. The molecule has 150 valence electrons. The first-order valence-corrected chi connectivity index (χ1v) is 9.45. The molecule has 0 aliphatic heterocycles. The number of aryl methyl sites for hydroxylation is 1. The number of benzene rings is 2. The minimum Gasteiger partial charge on any atom is -0.309 e. The van der Waals surface area contributed by atoms with Gasteiger partial charge in [-0.05, 0) is 39.4 Å². The summed E-state index contributed by atoms with van der Waals surface area (Å²) in [6.45, 7) is 14.4. The molecule has 0 heterocycles. The lowest BCUT2D eigenvalue weighted by Crippen LogP contribution is -2.17. The number of nitrogens with zero attached hydrogens (tertiary/aromatic N) is 1. The molecule has 0 unspecified atom stereocenters. The van der Waals surface area contributed by atoms with Crippen LogP contribution in [0.1, 0.15) is 46.6 Å². The van der Waals surface area contributed by atoms with Gasteiger partial charge in [0.25, 0.3) is 0 Å². The van der Waals surface area contributed by atoms with E-state index in [1.807, 2.05) is 54.6 Å². The average Bonchev–Trinajstić information content (AvgIpc) is 2.57. The Morgan fingerprint density at radius 3 is 1.12 bits per heavy atom. The van der Waals surface area contributed by atoms with Gasteiger partial charge in [-0.25, -0.2) is 0 Å². The largest absolute Gasteiger partial charge is 0.309 e. The molecule has 0 aromatic heterocycles. The number of halogens is 1. The fourth-order valence-electron chi connectivity index (χ4n) is 1.65. The summed E-state index contributed by atoms with van der Waals surface area (Å²) in [4.78, 5) is 2.20. The third-order valence-corrected chi connectivity index (χ3v) is 3.15. The highest BCUT2D eigenvalue weighted by atomic mass is 127. The molecular formula is C24H42IN. The van der Waals surface area contributed by atoms with Crippen molar-refractivity contribution in [1.82, 2.24) is 4.90 Å². The first-order chi connectivity index (χ1) is 11.8. The van der Waals surface area contributed by atoms with E-state index in [1.54, 1.807) is 0 Å². The molecule has 0 bridgehead atoms. The third-order valence-electron chi connectivity index (χ3n) is 3.15. The minimum absolute atomic E-state index is 0. The van der Waals surface area contributed by atoms with Crippen molar-refractivity contribution in [2.45, 2.75) is 48.0 Å². The highest BCUT2D eigenvalue weighted by molar-refractivity contribution is 14.0. The van der Waals surface area contributed by atoms with Crippen LogP contribution in [0.2, 0.25) is 0 Å².